The van der Waals surface area contributed by atoms with Crippen molar-refractivity contribution in [3.8, 4) is 33.8 Å². The van der Waals surface area contributed by atoms with E-state index < -0.39 is 5.56 Å². The summed E-state index contributed by atoms with van der Waals surface area (Å²) in [6.07, 6.45) is 0. The van der Waals surface area contributed by atoms with Crippen LogP contribution in [0.5, 0.6) is 11.5 Å². The highest BCUT2D eigenvalue weighted by atomic mass is 35.5. The molecule has 0 aliphatic carbocycles. The van der Waals surface area contributed by atoms with Crippen molar-refractivity contribution in [2.45, 2.75) is 6.92 Å². The molecule has 0 fully saturated rings. The van der Waals surface area contributed by atoms with Crippen molar-refractivity contribution in [1.82, 2.24) is 4.98 Å². The van der Waals surface area contributed by atoms with Crippen LogP contribution in [0, 0.1) is 6.92 Å². The maximum absolute atomic E-state index is 12.7. The average molecular weight is 434 g/mol. The SMILES string of the molecule is Cc1ccc(-c2c(O)c3c(-c4ccc5ccccc5c4O)c(Cl)sc3[nH]c2=O)cc1. The molecular formula is C24H16ClNO3S. The molecule has 0 spiro atoms. The molecule has 4 nitrogen and oxygen atoms in total. The monoisotopic (exact) mass is 433 g/mol. The lowest BCUT2D eigenvalue weighted by Gasteiger charge is -2.10. The van der Waals surface area contributed by atoms with Gasteiger partial charge in [-0.05, 0) is 23.9 Å². The van der Waals surface area contributed by atoms with Crippen LogP contribution >= 0.6 is 22.9 Å². The summed E-state index contributed by atoms with van der Waals surface area (Å²) >= 11 is 7.70. The Morgan fingerprint density at radius 1 is 0.900 bits per heavy atom. The first-order valence-electron chi connectivity index (χ1n) is 9.31. The summed E-state index contributed by atoms with van der Waals surface area (Å²) in [6, 6.07) is 18.5. The topological polar surface area (TPSA) is 73.3 Å². The van der Waals surface area contributed by atoms with Gasteiger partial charge < -0.3 is 15.2 Å². The molecule has 0 aliphatic heterocycles. The van der Waals surface area contributed by atoms with Crippen LogP contribution in [-0.4, -0.2) is 15.2 Å². The van der Waals surface area contributed by atoms with Gasteiger partial charge in [0.05, 0.1) is 10.9 Å². The zero-order valence-electron chi connectivity index (χ0n) is 15.9. The van der Waals surface area contributed by atoms with Crippen molar-refractivity contribution in [1.29, 1.82) is 0 Å². The average Bonchev–Trinajstić information content (AvgIpc) is 3.05. The molecule has 0 saturated heterocycles. The number of phenols is 1. The van der Waals surface area contributed by atoms with Gasteiger partial charge in [-0.15, -0.1) is 11.3 Å². The van der Waals surface area contributed by atoms with Gasteiger partial charge in [0.25, 0.3) is 5.56 Å². The van der Waals surface area contributed by atoms with Gasteiger partial charge in [0, 0.05) is 16.5 Å². The number of aromatic nitrogens is 1. The zero-order chi connectivity index (χ0) is 21.0. The summed E-state index contributed by atoms with van der Waals surface area (Å²) in [7, 11) is 0. The first-order valence-corrected chi connectivity index (χ1v) is 10.5. The molecule has 148 valence electrons. The molecule has 0 atom stereocenters. The van der Waals surface area contributed by atoms with E-state index in [-0.39, 0.29) is 17.1 Å². The maximum Gasteiger partial charge on any atom is 0.260 e. The van der Waals surface area contributed by atoms with Crippen molar-refractivity contribution >= 4 is 43.9 Å². The van der Waals surface area contributed by atoms with E-state index >= 15 is 0 Å². The van der Waals surface area contributed by atoms with Gasteiger partial charge in [0.15, 0.2) is 0 Å². The van der Waals surface area contributed by atoms with E-state index in [4.69, 9.17) is 11.6 Å². The molecule has 3 aromatic carbocycles. The van der Waals surface area contributed by atoms with Crippen molar-refractivity contribution in [2.75, 3.05) is 0 Å². The smallest absolute Gasteiger partial charge is 0.260 e. The molecule has 6 heteroatoms. The summed E-state index contributed by atoms with van der Waals surface area (Å²) < 4.78 is 0.377. The molecule has 5 aromatic rings. The minimum Gasteiger partial charge on any atom is -0.507 e. The van der Waals surface area contributed by atoms with Crippen LogP contribution in [0.2, 0.25) is 4.34 Å². The maximum atomic E-state index is 12.7. The van der Waals surface area contributed by atoms with Gasteiger partial charge in [-0.25, -0.2) is 0 Å². The fourth-order valence-electron chi connectivity index (χ4n) is 3.80. The van der Waals surface area contributed by atoms with Gasteiger partial charge in [0.1, 0.15) is 20.7 Å². The van der Waals surface area contributed by atoms with Crippen molar-refractivity contribution in [3.63, 3.8) is 0 Å². The highest BCUT2D eigenvalue weighted by Gasteiger charge is 2.24. The molecule has 2 aromatic heterocycles. The summed E-state index contributed by atoms with van der Waals surface area (Å²) in [4.78, 5) is 16.0. The van der Waals surface area contributed by atoms with Crippen LogP contribution < -0.4 is 5.56 Å². The molecular weight excluding hydrogens is 418 g/mol. The number of hydrogen-bond donors (Lipinski definition) is 3. The van der Waals surface area contributed by atoms with Crippen LogP contribution in [0.4, 0.5) is 0 Å². The van der Waals surface area contributed by atoms with E-state index in [9.17, 15) is 15.0 Å². The first kappa shape index (κ1) is 18.7. The van der Waals surface area contributed by atoms with Gasteiger partial charge >= 0.3 is 0 Å². The predicted octanol–water partition coefficient (Wildman–Crippen LogP) is 6.45. The summed E-state index contributed by atoms with van der Waals surface area (Å²) in [6.45, 7) is 1.95. The molecule has 0 amide bonds. The Morgan fingerprint density at radius 2 is 1.63 bits per heavy atom. The van der Waals surface area contributed by atoms with Crippen molar-refractivity contribution < 1.29 is 10.2 Å². The third-order valence-corrected chi connectivity index (χ3v) is 6.62. The molecule has 0 saturated carbocycles. The van der Waals surface area contributed by atoms with Crippen LogP contribution in [-0.2, 0) is 0 Å². The number of aromatic hydroxyl groups is 2. The molecule has 5 rings (SSSR count). The van der Waals surface area contributed by atoms with Gasteiger partial charge in [-0.1, -0.05) is 71.8 Å². The number of benzene rings is 3. The number of H-pyrrole nitrogens is 1. The van der Waals surface area contributed by atoms with E-state index in [1.165, 1.54) is 0 Å². The number of thiophene rings is 1. The predicted molar refractivity (Wildman–Crippen MR) is 124 cm³/mol. The van der Waals surface area contributed by atoms with E-state index in [0.717, 1.165) is 22.3 Å². The molecule has 0 aliphatic rings. The standard InChI is InChI=1S/C24H16ClNO3S/c1-12-6-8-14(9-7-12)17-21(28)19-18(22(25)30-24(19)26-23(17)29)16-11-10-13-4-2-3-5-15(13)20(16)27/h2-11,27H,1H3,(H2,26,28,29). The summed E-state index contributed by atoms with van der Waals surface area (Å²) in [5.41, 5.74) is 2.45. The van der Waals surface area contributed by atoms with E-state index in [1.807, 2.05) is 49.4 Å². The molecule has 0 bridgehead atoms. The van der Waals surface area contributed by atoms with Gasteiger partial charge in [0.2, 0.25) is 0 Å². The lowest BCUT2D eigenvalue weighted by atomic mass is 9.97. The number of pyridine rings is 1. The Morgan fingerprint density at radius 3 is 2.40 bits per heavy atom. The Balaban J connectivity index is 1.85. The number of aryl methyl sites for hydroxylation is 1. The van der Waals surface area contributed by atoms with Gasteiger partial charge in [-0.2, -0.15) is 0 Å². The summed E-state index contributed by atoms with van der Waals surface area (Å²) in [5.74, 6) is -0.0690. The van der Waals surface area contributed by atoms with Gasteiger partial charge in [-0.3, -0.25) is 4.79 Å². The normalized spacial score (nSPS) is 11.4. The van der Waals surface area contributed by atoms with Crippen molar-refractivity contribution in [3.05, 3.63) is 80.9 Å². The minimum absolute atomic E-state index is 0.0807. The third kappa shape index (κ3) is 2.78. The molecule has 30 heavy (non-hydrogen) atoms. The lowest BCUT2D eigenvalue weighted by Crippen LogP contribution is -2.08. The number of aromatic amines is 1. The molecule has 3 N–H and O–H groups in total. The Hall–Kier alpha value is -3.28. The van der Waals surface area contributed by atoms with Crippen molar-refractivity contribution in [2.24, 2.45) is 0 Å². The second-order valence-electron chi connectivity index (χ2n) is 7.18. The van der Waals surface area contributed by atoms with E-state index in [2.05, 4.69) is 4.98 Å². The van der Waals surface area contributed by atoms with Crippen LogP contribution in [0.3, 0.4) is 0 Å². The number of hydrogen-bond acceptors (Lipinski definition) is 4. The van der Waals surface area contributed by atoms with E-state index in [0.29, 0.717) is 36.6 Å². The molecule has 2 heterocycles. The quantitative estimate of drug-likeness (QED) is 0.299. The Bertz CT molecular complexity index is 1500. The number of rotatable bonds is 2. The number of nitrogens with one attached hydrogen (secondary N) is 1. The fourth-order valence-corrected chi connectivity index (χ4v) is 5.17. The largest absolute Gasteiger partial charge is 0.507 e. The summed E-state index contributed by atoms with van der Waals surface area (Å²) in [5, 5.41) is 24.1. The number of halogens is 1. The zero-order valence-corrected chi connectivity index (χ0v) is 17.4. The first-order chi connectivity index (χ1) is 14.5. The minimum atomic E-state index is -0.393. The Kier molecular flexibility index (Phi) is 4.31. The second kappa shape index (κ2) is 6.90. The lowest BCUT2D eigenvalue weighted by molar-refractivity contribution is 0.482. The fraction of sp³-hybridized carbons (Fsp3) is 0.0417. The van der Waals surface area contributed by atoms with Crippen LogP contribution in [0.1, 0.15) is 5.56 Å². The third-order valence-electron chi connectivity index (χ3n) is 5.30. The molecule has 0 radical (unpaired) electrons. The van der Waals surface area contributed by atoms with E-state index in [1.54, 1.807) is 18.2 Å². The Labute approximate surface area is 180 Å². The van der Waals surface area contributed by atoms with Crippen LogP contribution in [0.15, 0.2) is 65.5 Å². The number of fused-ring (bicyclic) bond motifs is 2. The van der Waals surface area contributed by atoms with Crippen LogP contribution in [0.25, 0.3) is 43.2 Å². The second-order valence-corrected chi connectivity index (χ2v) is 8.80. The highest BCUT2D eigenvalue weighted by molar-refractivity contribution is 7.23. The highest BCUT2D eigenvalue weighted by Crippen LogP contribution is 2.50. The number of phenolic OH excluding ortho intramolecular Hbond substituents is 1. The molecule has 0 unspecified atom stereocenters.